The molecule has 1 saturated heterocycles. The number of amidine groups is 1. The van der Waals surface area contributed by atoms with Crippen LogP contribution in [0.5, 0.6) is 11.5 Å². The van der Waals surface area contributed by atoms with Crippen LogP contribution >= 0.6 is 11.8 Å². The standard InChI is InChI=1S/C21H23N3O4S/c1-13(14-7-5-4-6-8-14)22-21-24-20(26)18(29-21)12-19(25)23-15-9-10-16(27-2)17(11-15)28-3/h4-11,13,18H,12H2,1-3H3,(H,23,25)(H,22,24,26)/t13-,18-/m0/s1. The Hall–Kier alpha value is -3.00. The first-order chi connectivity index (χ1) is 14.0. The van der Waals surface area contributed by atoms with E-state index in [0.29, 0.717) is 22.4 Å². The summed E-state index contributed by atoms with van der Waals surface area (Å²) in [6, 6.07) is 14.8. The van der Waals surface area contributed by atoms with Crippen molar-refractivity contribution < 1.29 is 19.1 Å². The fraction of sp³-hybridized carbons (Fsp3) is 0.286. The largest absolute Gasteiger partial charge is 0.493 e. The monoisotopic (exact) mass is 413 g/mol. The van der Waals surface area contributed by atoms with Crippen LogP contribution in [0.3, 0.4) is 0 Å². The molecular weight excluding hydrogens is 390 g/mol. The second-order valence-corrected chi connectivity index (χ2v) is 7.63. The second-order valence-electron chi connectivity index (χ2n) is 6.44. The third kappa shape index (κ3) is 5.29. The molecule has 0 bridgehead atoms. The lowest BCUT2D eigenvalue weighted by Crippen LogP contribution is -2.28. The number of aliphatic imine (C=N–C) groups is 1. The summed E-state index contributed by atoms with van der Waals surface area (Å²) in [5.41, 5.74) is 1.63. The van der Waals surface area contributed by atoms with E-state index in [-0.39, 0.29) is 24.3 Å². The molecule has 1 aliphatic heterocycles. The third-order valence-corrected chi connectivity index (χ3v) is 5.50. The van der Waals surface area contributed by atoms with Gasteiger partial charge in [0, 0.05) is 18.2 Å². The minimum atomic E-state index is -0.517. The van der Waals surface area contributed by atoms with Crippen LogP contribution in [0.1, 0.15) is 24.9 Å². The predicted molar refractivity (Wildman–Crippen MR) is 115 cm³/mol. The summed E-state index contributed by atoms with van der Waals surface area (Å²) in [7, 11) is 3.07. The number of carbonyl (C=O) groups is 2. The van der Waals surface area contributed by atoms with E-state index in [1.165, 1.54) is 18.9 Å². The van der Waals surface area contributed by atoms with Crippen molar-refractivity contribution >= 4 is 34.4 Å². The Labute approximate surface area is 173 Å². The average Bonchev–Trinajstić information content (AvgIpc) is 3.06. The number of benzene rings is 2. The smallest absolute Gasteiger partial charge is 0.240 e. The van der Waals surface area contributed by atoms with E-state index in [1.54, 1.807) is 25.3 Å². The second kappa shape index (κ2) is 9.47. The van der Waals surface area contributed by atoms with Gasteiger partial charge in [-0.2, -0.15) is 0 Å². The van der Waals surface area contributed by atoms with Crippen molar-refractivity contribution in [3.8, 4) is 11.5 Å². The Morgan fingerprint density at radius 1 is 1.17 bits per heavy atom. The highest BCUT2D eigenvalue weighted by Crippen LogP contribution is 2.30. The first-order valence-corrected chi connectivity index (χ1v) is 10.00. The number of ether oxygens (including phenoxy) is 2. The molecule has 0 aliphatic carbocycles. The zero-order valence-electron chi connectivity index (χ0n) is 16.5. The normalized spacial score (nSPS) is 18.2. The highest BCUT2D eigenvalue weighted by atomic mass is 32.2. The summed E-state index contributed by atoms with van der Waals surface area (Å²) < 4.78 is 10.4. The molecule has 8 heteroatoms. The number of hydrogen-bond donors (Lipinski definition) is 2. The fourth-order valence-electron chi connectivity index (χ4n) is 2.88. The number of nitrogens with one attached hydrogen (secondary N) is 2. The van der Waals surface area contributed by atoms with Crippen LogP contribution < -0.4 is 20.1 Å². The van der Waals surface area contributed by atoms with E-state index < -0.39 is 5.25 Å². The zero-order valence-corrected chi connectivity index (χ0v) is 17.3. The molecular formula is C21H23N3O4S. The molecule has 2 amide bonds. The van der Waals surface area contributed by atoms with Gasteiger partial charge in [-0.25, -0.2) is 0 Å². The molecule has 2 N–H and O–H groups in total. The number of rotatable bonds is 7. The molecule has 0 saturated carbocycles. The van der Waals surface area contributed by atoms with Crippen LogP contribution in [0, 0.1) is 0 Å². The van der Waals surface area contributed by atoms with Gasteiger partial charge in [0.1, 0.15) is 5.25 Å². The maximum absolute atomic E-state index is 12.4. The van der Waals surface area contributed by atoms with Crippen molar-refractivity contribution in [3.63, 3.8) is 0 Å². The number of amides is 2. The fourth-order valence-corrected chi connectivity index (χ4v) is 3.93. The highest BCUT2D eigenvalue weighted by Gasteiger charge is 2.32. The van der Waals surface area contributed by atoms with Gasteiger partial charge in [0.15, 0.2) is 16.7 Å². The zero-order chi connectivity index (χ0) is 20.8. The summed E-state index contributed by atoms with van der Waals surface area (Å²) in [6.45, 7) is 1.96. The molecule has 152 valence electrons. The van der Waals surface area contributed by atoms with Gasteiger partial charge in [-0.15, -0.1) is 0 Å². The van der Waals surface area contributed by atoms with Crippen LogP contribution in [0.4, 0.5) is 5.69 Å². The Morgan fingerprint density at radius 3 is 2.59 bits per heavy atom. The van der Waals surface area contributed by atoms with Crippen LogP contribution in [0.2, 0.25) is 0 Å². The first-order valence-electron chi connectivity index (χ1n) is 9.12. The molecule has 1 fully saturated rings. The Morgan fingerprint density at radius 2 is 1.90 bits per heavy atom. The number of carbonyl (C=O) groups excluding carboxylic acids is 2. The van der Waals surface area contributed by atoms with E-state index in [4.69, 9.17) is 9.47 Å². The van der Waals surface area contributed by atoms with Gasteiger partial charge in [-0.05, 0) is 24.6 Å². The lowest BCUT2D eigenvalue weighted by atomic mass is 10.1. The number of methoxy groups -OCH3 is 2. The molecule has 7 nitrogen and oxygen atoms in total. The maximum Gasteiger partial charge on any atom is 0.240 e. The lowest BCUT2D eigenvalue weighted by Gasteiger charge is -2.11. The molecule has 0 spiro atoms. The van der Waals surface area contributed by atoms with Gasteiger partial charge in [0.2, 0.25) is 11.8 Å². The van der Waals surface area contributed by atoms with Gasteiger partial charge < -0.3 is 20.1 Å². The van der Waals surface area contributed by atoms with E-state index in [2.05, 4.69) is 15.6 Å². The van der Waals surface area contributed by atoms with Gasteiger partial charge >= 0.3 is 0 Å². The number of hydrogen-bond acceptors (Lipinski definition) is 6. The molecule has 2 atom stereocenters. The van der Waals surface area contributed by atoms with Crippen molar-refractivity contribution in [1.29, 1.82) is 0 Å². The Bertz CT molecular complexity index is 917. The van der Waals surface area contributed by atoms with Gasteiger partial charge in [-0.3, -0.25) is 14.6 Å². The first kappa shape index (κ1) is 20.7. The van der Waals surface area contributed by atoms with Crippen molar-refractivity contribution in [2.75, 3.05) is 19.5 Å². The number of thioether (sulfide) groups is 1. The SMILES string of the molecule is COc1ccc(NC(=O)C[C@@H]2SC(=N[C@@H](C)c3ccccc3)NC2=O)cc1OC. The maximum atomic E-state index is 12.4. The quantitative estimate of drug-likeness (QED) is 0.726. The topological polar surface area (TPSA) is 89.0 Å². The molecule has 0 unspecified atom stereocenters. The number of anilines is 1. The molecule has 29 heavy (non-hydrogen) atoms. The minimum absolute atomic E-state index is 0.0452. The van der Waals surface area contributed by atoms with Crippen molar-refractivity contribution in [3.05, 3.63) is 54.1 Å². The van der Waals surface area contributed by atoms with Gasteiger partial charge in [-0.1, -0.05) is 42.1 Å². The summed E-state index contributed by atoms with van der Waals surface area (Å²) in [6.07, 6.45) is 0.0452. The summed E-state index contributed by atoms with van der Waals surface area (Å²) in [5.74, 6) is 0.617. The predicted octanol–water partition coefficient (Wildman–Crippen LogP) is 3.38. The van der Waals surface area contributed by atoms with Crippen molar-refractivity contribution in [2.24, 2.45) is 4.99 Å². The van der Waals surface area contributed by atoms with Crippen molar-refractivity contribution in [2.45, 2.75) is 24.6 Å². The van der Waals surface area contributed by atoms with E-state index in [9.17, 15) is 9.59 Å². The molecule has 0 radical (unpaired) electrons. The molecule has 1 heterocycles. The van der Waals surface area contributed by atoms with E-state index >= 15 is 0 Å². The van der Waals surface area contributed by atoms with Crippen molar-refractivity contribution in [1.82, 2.24) is 5.32 Å². The Kier molecular flexibility index (Phi) is 6.77. The van der Waals surface area contributed by atoms with Crippen LogP contribution in [0.25, 0.3) is 0 Å². The lowest BCUT2D eigenvalue weighted by molar-refractivity contribution is -0.122. The molecule has 0 aromatic heterocycles. The molecule has 1 aliphatic rings. The minimum Gasteiger partial charge on any atom is -0.493 e. The van der Waals surface area contributed by atoms with Crippen LogP contribution in [-0.2, 0) is 9.59 Å². The van der Waals surface area contributed by atoms with E-state index in [0.717, 1.165) is 5.56 Å². The Balaban J connectivity index is 1.60. The van der Waals surface area contributed by atoms with E-state index in [1.807, 2.05) is 37.3 Å². The molecule has 2 aromatic rings. The van der Waals surface area contributed by atoms with Gasteiger partial charge in [0.25, 0.3) is 0 Å². The summed E-state index contributed by atoms with van der Waals surface area (Å²) in [5, 5.41) is 5.57. The number of nitrogens with zero attached hydrogens (tertiary/aromatic N) is 1. The average molecular weight is 413 g/mol. The third-order valence-electron chi connectivity index (χ3n) is 4.41. The highest BCUT2D eigenvalue weighted by molar-refractivity contribution is 8.15. The molecule has 2 aromatic carbocycles. The summed E-state index contributed by atoms with van der Waals surface area (Å²) in [4.78, 5) is 29.2. The van der Waals surface area contributed by atoms with Gasteiger partial charge in [0.05, 0.1) is 20.3 Å². The summed E-state index contributed by atoms with van der Waals surface area (Å²) >= 11 is 1.28. The molecule has 3 rings (SSSR count). The van der Waals surface area contributed by atoms with Crippen LogP contribution in [-0.4, -0.2) is 36.5 Å². The van der Waals surface area contributed by atoms with Crippen LogP contribution in [0.15, 0.2) is 53.5 Å².